The minimum absolute atomic E-state index is 0.572. The van der Waals surface area contributed by atoms with Crippen LogP contribution in [0.25, 0.3) is 0 Å². The number of nitriles is 1. The summed E-state index contributed by atoms with van der Waals surface area (Å²) >= 11 is 1.74. The van der Waals surface area contributed by atoms with Crippen molar-refractivity contribution in [1.29, 1.82) is 5.26 Å². The average molecular weight is 206 g/mol. The Kier molecular flexibility index (Phi) is 4.48. The Hall–Kier alpha value is -1.01. The van der Waals surface area contributed by atoms with Crippen LogP contribution < -0.4 is 0 Å². The van der Waals surface area contributed by atoms with Gasteiger partial charge in [0, 0.05) is 11.1 Å². The van der Waals surface area contributed by atoms with E-state index in [4.69, 9.17) is 5.26 Å². The molecule has 0 radical (unpaired) electrons. The van der Waals surface area contributed by atoms with Gasteiger partial charge in [-0.1, -0.05) is 13.8 Å². The zero-order valence-corrected chi connectivity index (χ0v) is 9.40. The molecule has 0 N–H and O–H groups in total. The summed E-state index contributed by atoms with van der Waals surface area (Å²) in [6.07, 6.45) is 3.80. The van der Waals surface area contributed by atoms with E-state index in [1.54, 1.807) is 18.0 Å². The second-order valence-electron chi connectivity index (χ2n) is 2.96. The first-order valence-electron chi connectivity index (χ1n) is 4.84. The largest absolute Gasteiger partial charge is 0.244 e. The topological polar surface area (TPSA) is 36.7 Å². The lowest BCUT2D eigenvalue weighted by atomic mass is 10.2. The number of hydrogen-bond acceptors (Lipinski definition) is 3. The van der Waals surface area contributed by atoms with E-state index in [0.717, 1.165) is 23.5 Å². The van der Waals surface area contributed by atoms with E-state index in [-0.39, 0.29) is 0 Å². The lowest BCUT2D eigenvalue weighted by Gasteiger charge is -2.07. The monoisotopic (exact) mass is 206 g/mol. The molecule has 0 bridgehead atoms. The fourth-order valence-corrected chi connectivity index (χ4v) is 2.25. The molecule has 0 aliphatic heterocycles. The summed E-state index contributed by atoms with van der Waals surface area (Å²) in [6, 6.07) is 4.15. The number of rotatable bonds is 4. The Morgan fingerprint density at radius 2 is 2.29 bits per heavy atom. The van der Waals surface area contributed by atoms with Gasteiger partial charge in [-0.2, -0.15) is 5.26 Å². The third kappa shape index (κ3) is 2.49. The molecule has 1 rings (SSSR count). The minimum Gasteiger partial charge on any atom is -0.244 e. The molecule has 0 fully saturated rings. The van der Waals surface area contributed by atoms with Crippen LogP contribution in [0.2, 0.25) is 0 Å². The normalized spacial score (nSPS) is 9.79. The highest BCUT2D eigenvalue weighted by molar-refractivity contribution is 7.99. The number of nitrogens with zero attached hydrogens (tertiary/aromatic N) is 2. The van der Waals surface area contributed by atoms with Crippen molar-refractivity contribution in [3.05, 3.63) is 23.5 Å². The molecule has 2 nitrogen and oxygen atoms in total. The molecule has 0 unspecified atom stereocenters. The first kappa shape index (κ1) is 11.1. The van der Waals surface area contributed by atoms with Crippen molar-refractivity contribution in [3.8, 4) is 6.07 Å². The van der Waals surface area contributed by atoms with Crippen molar-refractivity contribution in [2.24, 2.45) is 0 Å². The summed E-state index contributed by atoms with van der Waals surface area (Å²) < 4.78 is 0. The standard InChI is InChI=1S/C11H14N2S/c1-3-7-14-11-9(4-2)5-6-13-10(11)8-12/h5-6H,3-4,7H2,1-2H3. The van der Waals surface area contributed by atoms with Crippen LogP contribution in [0.5, 0.6) is 0 Å². The fraction of sp³-hybridized carbons (Fsp3) is 0.455. The third-order valence-corrected chi connectivity index (χ3v) is 3.28. The molecule has 1 heterocycles. The molecule has 0 aromatic carbocycles. The van der Waals surface area contributed by atoms with Gasteiger partial charge in [0.1, 0.15) is 6.07 Å². The van der Waals surface area contributed by atoms with Crippen LogP contribution in [0.15, 0.2) is 17.2 Å². The van der Waals surface area contributed by atoms with Gasteiger partial charge in [-0.05, 0) is 30.2 Å². The highest BCUT2D eigenvalue weighted by atomic mass is 32.2. The van der Waals surface area contributed by atoms with E-state index in [1.165, 1.54) is 5.56 Å². The maximum Gasteiger partial charge on any atom is 0.154 e. The zero-order chi connectivity index (χ0) is 10.4. The predicted molar refractivity (Wildman–Crippen MR) is 59.3 cm³/mol. The maximum absolute atomic E-state index is 8.91. The Labute approximate surface area is 89.4 Å². The molecule has 1 aromatic rings. The first-order chi connectivity index (χ1) is 6.83. The van der Waals surface area contributed by atoms with Crippen molar-refractivity contribution >= 4 is 11.8 Å². The van der Waals surface area contributed by atoms with Gasteiger partial charge >= 0.3 is 0 Å². The molecule has 0 spiro atoms. The van der Waals surface area contributed by atoms with Crippen LogP contribution in [0.3, 0.4) is 0 Å². The van der Waals surface area contributed by atoms with Crippen LogP contribution in [-0.2, 0) is 6.42 Å². The summed E-state index contributed by atoms with van der Waals surface area (Å²) in [6.45, 7) is 4.24. The van der Waals surface area contributed by atoms with E-state index in [2.05, 4.69) is 24.9 Å². The highest BCUT2D eigenvalue weighted by Gasteiger charge is 2.07. The van der Waals surface area contributed by atoms with Crippen LogP contribution >= 0.6 is 11.8 Å². The van der Waals surface area contributed by atoms with Crippen molar-refractivity contribution < 1.29 is 0 Å². The smallest absolute Gasteiger partial charge is 0.154 e. The van der Waals surface area contributed by atoms with E-state index < -0.39 is 0 Å². The van der Waals surface area contributed by atoms with Crippen molar-refractivity contribution in [1.82, 2.24) is 4.98 Å². The van der Waals surface area contributed by atoms with E-state index >= 15 is 0 Å². The number of aromatic nitrogens is 1. The summed E-state index contributed by atoms with van der Waals surface area (Å²) in [5.74, 6) is 1.05. The molecule has 0 aliphatic rings. The summed E-state index contributed by atoms with van der Waals surface area (Å²) in [4.78, 5) is 5.15. The van der Waals surface area contributed by atoms with E-state index in [9.17, 15) is 0 Å². The molecule has 0 amide bonds. The molecule has 74 valence electrons. The molecule has 1 aromatic heterocycles. The molecule has 0 saturated carbocycles. The van der Waals surface area contributed by atoms with Gasteiger partial charge < -0.3 is 0 Å². The van der Waals surface area contributed by atoms with Gasteiger partial charge in [-0.15, -0.1) is 11.8 Å². The first-order valence-corrected chi connectivity index (χ1v) is 5.82. The Bertz CT molecular complexity index is 342. The summed E-state index contributed by atoms with van der Waals surface area (Å²) in [5.41, 5.74) is 1.80. The van der Waals surface area contributed by atoms with Crippen molar-refractivity contribution in [2.75, 3.05) is 5.75 Å². The van der Waals surface area contributed by atoms with Crippen molar-refractivity contribution in [2.45, 2.75) is 31.6 Å². The van der Waals surface area contributed by atoms with Gasteiger partial charge in [0.15, 0.2) is 5.69 Å². The van der Waals surface area contributed by atoms with Gasteiger partial charge in [-0.25, -0.2) is 4.98 Å². The van der Waals surface area contributed by atoms with Gasteiger partial charge in [0.2, 0.25) is 0 Å². The second-order valence-corrected chi connectivity index (χ2v) is 4.07. The van der Waals surface area contributed by atoms with E-state index in [1.807, 2.05) is 6.07 Å². The lowest BCUT2D eigenvalue weighted by molar-refractivity contribution is 1.02. The molecule has 3 heteroatoms. The Balaban J connectivity index is 3.01. The molecule has 0 saturated heterocycles. The maximum atomic E-state index is 8.91. The zero-order valence-electron chi connectivity index (χ0n) is 8.58. The summed E-state index contributed by atoms with van der Waals surface area (Å²) in [7, 11) is 0. The van der Waals surface area contributed by atoms with Crippen molar-refractivity contribution in [3.63, 3.8) is 0 Å². The van der Waals surface area contributed by atoms with Gasteiger partial charge in [0.05, 0.1) is 0 Å². The SMILES string of the molecule is CCCSc1c(CC)ccnc1C#N. The average Bonchev–Trinajstić information content (AvgIpc) is 2.25. The van der Waals surface area contributed by atoms with E-state index in [0.29, 0.717) is 5.69 Å². The van der Waals surface area contributed by atoms with Crippen LogP contribution in [-0.4, -0.2) is 10.7 Å². The van der Waals surface area contributed by atoms with Crippen LogP contribution in [0.1, 0.15) is 31.5 Å². The molecule has 0 atom stereocenters. The molecular formula is C11H14N2S. The Morgan fingerprint density at radius 1 is 1.50 bits per heavy atom. The number of aryl methyl sites for hydroxylation is 1. The van der Waals surface area contributed by atoms with Crippen LogP contribution in [0.4, 0.5) is 0 Å². The number of hydrogen-bond donors (Lipinski definition) is 0. The summed E-state index contributed by atoms with van der Waals surface area (Å²) in [5, 5.41) is 8.91. The molecule has 14 heavy (non-hydrogen) atoms. The second kappa shape index (κ2) is 5.66. The van der Waals surface area contributed by atoms with Gasteiger partial charge in [0.25, 0.3) is 0 Å². The quantitative estimate of drug-likeness (QED) is 0.710. The van der Waals surface area contributed by atoms with Gasteiger partial charge in [-0.3, -0.25) is 0 Å². The third-order valence-electron chi connectivity index (χ3n) is 1.92. The number of pyridine rings is 1. The fourth-order valence-electron chi connectivity index (χ4n) is 1.21. The highest BCUT2D eigenvalue weighted by Crippen LogP contribution is 2.26. The number of thioether (sulfide) groups is 1. The lowest BCUT2D eigenvalue weighted by Crippen LogP contribution is -1.93. The Morgan fingerprint density at radius 3 is 2.86 bits per heavy atom. The minimum atomic E-state index is 0.572. The molecular weight excluding hydrogens is 192 g/mol. The molecule has 0 aliphatic carbocycles. The van der Waals surface area contributed by atoms with Crippen LogP contribution in [0, 0.1) is 11.3 Å². The predicted octanol–water partition coefficient (Wildman–Crippen LogP) is 3.02.